The standard InChI is InChI=1S/C9H9BrN2OS/c1-2-14(13)9-11-7-5-3-4-6(10)8(7)12-9/h3-5H,2H2,1H3,(H,11,12)/t14-/m0/s1. The Morgan fingerprint density at radius 1 is 1.57 bits per heavy atom. The average Bonchev–Trinajstić information content (AvgIpc) is 2.62. The zero-order valence-electron chi connectivity index (χ0n) is 7.58. The van der Waals surface area contributed by atoms with E-state index in [0.717, 1.165) is 15.5 Å². The minimum absolute atomic E-state index is 0.550. The van der Waals surface area contributed by atoms with Gasteiger partial charge in [0.1, 0.15) is 5.52 Å². The lowest BCUT2D eigenvalue weighted by Crippen LogP contribution is -1.95. The van der Waals surface area contributed by atoms with E-state index >= 15 is 0 Å². The zero-order valence-corrected chi connectivity index (χ0v) is 9.98. The Kier molecular flexibility index (Phi) is 2.69. The second-order valence-corrected chi connectivity index (χ2v) is 5.32. The van der Waals surface area contributed by atoms with Crippen molar-refractivity contribution in [1.82, 2.24) is 9.97 Å². The summed E-state index contributed by atoms with van der Waals surface area (Å²) in [4.78, 5) is 7.33. The third kappa shape index (κ3) is 1.62. The van der Waals surface area contributed by atoms with E-state index in [1.807, 2.05) is 25.1 Å². The molecule has 0 bridgehead atoms. The summed E-state index contributed by atoms with van der Waals surface area (Å²) in [6, 6.07) is 5.76. The molecule has 1 heterocycles. The Balaban J connectivity index is 2.62. The molecule has 0 spiro atoms. The van der Waals surface area contributed by atoms with E-state index in [0.29, 0.717) is 10.9 Å². The number of rotatable bonds is 2. The first-order chi connectivity index (χ1) is 6.72. The van der Waals surface area contributed by atoms with Crippen LogP contribution in [0.2, 0.25) is 0 Å². The van der Waals surface area contributed by atoms with Crippen molar-refractivity contribution in [1.29, 1.82) is 0 Å². The Labute approximate surface area is 92.5 Å². The highest BCUT2D eigenvalue weighted by Gasteiger charge is 2.09. The van der Waals surface area contributed by atoms with Crippen LogP contribution in [0.5, 0.6) is 0 Å². The van der Waals surface area contributed by atoms with E-state index < -0.39 is 10.8 Å². The van der Waals surface area contributed by atoms with Crippen LogP contribution in [0.3, 0.4) is 0 Å². The van der Waals surface area contributed by atoms with E-state index in [4.69, 9.17) is 0 Å². The average molecular weight is 273 g/mol. The van der Waals surface area contributed by atoms with Crippen molar-refractivity contribution in [2.75, 3.05) is 5.75 Å². The molecule has 0 saturated carbocycles. The van der Waals surface area contributed by atoms with Gasteiger partial charge in [0.05, 0.1) is 16.3 Å². The summed E-state index contributed by atoms with van der Waals surface area (Å²) < 4.78 is 12.4. The molecule has 0 aliphatic heterocycles. The van der Waals surface area contributed by atoms with Crippen LogP contribution in [-0.4, -0.2) is 19.9 Å². The normalized spacial score (nSPS) is 13.3. The van der Waals surface area contributed by atoms with Gasteiger partial charge in [0.25, 0.3) is 0 Å². The molecule has 0 unspecified atom stereocenters. The fourth-order valence-corrected chi connectivity index (χ4v) is 2.36. The Bertz CT molecular complexity index is 495. The number of hydrogen-bond acceptors (Lipinski definition) is 2. The van der Waals surface area contributed by atoms with Gasteiger partial charge in [-0.05, 0) is 28.1 Å². The number of aromatic nitrogens is 2. The van der Waals surface area contributed by atoms with E-state index in [9.17, 15) is 4.21 Å². The molecule has 14 heavy (non-hydrogen) atoms. The highest BCUT2D eigenvalue weighted by molar-refractivity contribution is 9.10. The minimum atomic E-state index is -1.02. The Morgan fingerprint density at radius 3 is 3.00 bits per heavy atom. The van der Waals surface area contributed by atoms with Crippen LogP contribution in [0.25, 0.3) is 11.0 Å². The first-order valence-electron chi connectivity index (χ1n) is 4.25. The zero-order chi connectivity index (χ0) is 10.1. The maximum absolute atomic E-state index is 11.5. The molecule has 3 nitrogen and oxygen atoms in total. The second kappa shape index (κ2) is 3.82. The largest absolute Gasteiger partial charge is 0.331 e. The molecule has 1 aromatic heterocycles. The van der Waals surface area contributed by atoms with Gasteiger partial charge in [-0.3, -0.25) is 4.21 Å². The van der Waals surface area contributed by atoms with Crippen LogP contribution in [0, 0.1) is 0 Å². The molecule has 0 aliphatic carbocycles. The smallest absolute Gasteiger partial charge is 0.197 e. The first-order valence-corrected chi connectivity index (χ1v) is 6.36. The molecule has 0 aliphatic rings. The lowest BCUT2D eigenvalue weighted by Gasteiger charge is -1.88. The predicted molar refractivity (Wildman–Crippen MR) is 60.7 cm³/mol. The van der Waals surface area contributed by atoms with Crippen LogP contribution in [-0.2, 0) is 10.8 Å². The lowest BCUT2D eigenvalue weighted by atomic mass is 10.3. The highest BCUT2D eigenvalue weighted by Crippen LogP contribution is 2.22. The first kappa shape index (κ1) is 9.86. The SMILES string of the molecule is CC[S@](=O)c1nc2c(Br)cccc2[nH]1. The molecule has 0 saturated heterocycles. The highest BCUT2D eigenvalue weighted by atomic mass is 79.9. The summed E-state index contributed by atoms with van der Waals surface area (Å²) >= 11 is 3.40. The molecule has 0 radical (unpaired) electrons. The number of fused-ring (bicyclic) bond motifs is 1. The van der Waals surface area contributed by atoms with E-state index in [1.165, 1.54) is 0 Å². The number of aromatic amines is 1. The van der Waals surface area contributed by atoms with Crippen molar-refractivity contribution < 1.29 is 4.21 Å². The maximum Gasteiger partial charge on any atom is 0.197 e. The third-order valence-electron chi connectivity index (χ3n) is 1.92. The molecule has 5 heteroatoms. The predicted octanol–water partition coefficient (Wildman–Crippen LogP) is 2.45. The summed E-state index contributed by atoms with van der Waals surface area (Å²) in [5.41, 5.74) is 1.75. The molecule has 2 rings (SSSR count). The van der Waals surface area contributed by atoms with Gasteiger partial charge in [-0.1, -0.05) is 13.0 Å². The molecule has 0 fully saturated rings. The van der Waals surface area contributed by atoms with Crippen molar-refractivity contribution >= 4 is 37.8 Å². The lowest BCUT2D eigenvalue weighted by molar-refractivity contribution is 0.679. The van der Waals surface area contributed by atoms with Gasteiger partial charge in [-0.25, -0.2) is 4.98 Å². The summed E-state index contributed by atoms with van der Waals surface area (Å²) in [6.07, 6.45) is 0. The van der Waals surface area contributed by atoms with Gasteiger partial charge in [-0.2, -0.15) is 0 Å². The van der Waals surface area contributed by atoms with E-state index in [1.54, 1.807) is 0 Å². The topological polar surface area (TPSA) is 45.8 Å². The number of H-pyrrole nitrogens is 1. The maximum atomic E-state index is 11.5. The number of nitrogens with zero attached hydrogens (tertiary/aromatic N) is 1. The van der Waals surface area contributed by atoms with Crippen LogP contribution in [0.4, 0.5) is 0 Å². The van der Waals surface area contributed by atoms with Crippen LogP contribution >= 0.6 is 15.9 Å². The molecular formula is C9H9BrN2OS. The molecule has 2 aromatic rings. The van der Waals surface area contributed by atoms with Gasteiger partial charge in [0.2, 0.25) is 0 Å². The van der Waals surface area contributed by atoms with Crippen LogP contribution < -0.4 is 0 Å². The number of para-hydroxylation sites is 1. The quantitative estimate of drug-likeness (QED) is 0.913. The van der Waals surface area contributed by atoms with Gasteiger partial charge in [0.15, 0.2) is 5.16 Å². The third-order valence-corrected chi connectivity index (χ3v) is 3.71. The minimum Gasteiger partial charge on any atom is -0.331 e. The fraction of sp³-hybridized carbons (Fsp3) is 0.222. The van der Waals surface area contributed by atoms with E-state index in [-0.39, 0.29) is 0 Å². The van der Waals surface area contributed by atoms with Crippen molar-refractivity contribution in [3.8, 4) is 0 Å². The van der Waals surface area contributed by atoms with Gasteiger partial charge in [-0.15, -0.1) is 0 Å². The summed E-state index contributed by atoms with van der Waals surface area (Å²) in [5, 5.41) is 0.550. The van der Waals surface area contributed by atoms with Crippen molar-refractivity contribution in [2.24, 2.45) is 0 Å². The summed E-state index contributed by atoms with van der Waals surface area (Å²) in [7, 11) is -1.02. The van der Waals surface area contributed by atoms with E-state index in [2.05, 4.69) is 25.9 Å². The number of hydrogen-bond donors (Lipinski definition) is 1. The monoisotopic (exact) mass is 272 g/mol. The second-order valence-electron chi connectivity index (χ2n) is 2.81. The number of benzene rings is 1. The number of nitrogens with one attached hydrogen (secondary N) is 1. The summed E-state index contributed by atoms with van der Waals surface area (Å²) in [5.74, 6) is 0.581. The van der Waals surface area contributed by atoms with Crippen LogP contribution in [0.1, 0.15) is 6.92 Å². The van der Waals surface area contributed by atoms with Gasteiger partial charge >= 0.3 is 0 Å². The Hall–Kier alpha value is -0.680. The molecular weight excluding hydrogens is 264 g/mol. The van der Waals surface area contributed by atoms with Crippen molar-refractivity contribution in [2.45, 2.75) is 12.1 Å². The van der Waals surface area contributed by atoms with Crippen molar-refractivity contribution in [3.63, 3.8) is 0 Å². The molecule has 1 atom stereocenters. The van der Waals surface area contributed by atoms with Crippen molar-refractivity contribution in [3.05, 3.63) is 22.7 Å². The molecule has 1 aromatic carbocycles. The van der Waals surface area contributed by atoms with Gasteiger partial charge < -0.3 is 4.98 Å². The number of halogens is 1. The fourth-order valence-electron chi connectivity index (χ4n) is 1.22. The van der Waals surface area contributed by atoms with Crippen LogP contribution in [0.15, 0.2) is 27.8 Å². The number of imidazole rings is 1. The molecule has 0 amide bonds. The summed E-state index contributed by atoms with van der Waals surface area (Å²) in [6.45, 7) is 1.87. The molecule has 74 valence electrons. The Morgan fingerprint density at radius 2 is 2.36 bits per heavy atom. The molecule has 1 N–H and O–H groups in total. The van der Waals surface area contributed by atoms with Gasteiger partial charge in [0, 0.05) is 10.2 Å².